The Morgan fingerprint density at radius 1 is 1.14 bits per heavy atom. The van der Waals surface area contributed by atoms with Crippen molar-refractivity contribution in [3.63, 3.8) is 0 Å². The lowest BCUT2D eigenvalue weighted by atomic mass is 10.0. The van der Waals surface area contributed by atoms with Crippen LogP contribution in [0.1, 0.15) is 24.1 Å². The third-order valence-corrected chi connectivity index (χ3v) is 3.31. The van der Waals surface area contributed by atoms with Gasteiger partial charge >= 0.3 is 0 Å². The zero-order valence-electron chi connectivity index (χ0n) is 12.8. The quantitative estimate of drug-likeness (QED) is 0.790. The molecule has 0 amide bonds. The Labute approximate surface area is 126 Å². The van der Waals surface area contributed by atoms with Crippen LogP contribution in [-0.2, 0) is 4.74 Å². The van der Waals surface area contributed by atoms with Crippen LogP contribution < -0.4 is 10.1 Å². The summed E-state index contributed by atoms with van der Waals surface area (Å²) in [5.74, 6) is 0.612. The van der Waals surface area contributed by atoms with E-state index >= 15 is 0 Å². The summed E-state index contributed by atoms with van der Waals surface area (Å²) in [4.78, 5) is 4.28. The van der Waals surface area contributed by atoms with Crippen molar-refractivity contribution in [2.75, 3.05) is 25.6 Å². The zero-order chi connectivity index (χ0) is 15.1. The number of pyridine rings is 1. The van der Waals surface area contributed by atoms with E-state index in [0.717, 1.165) is 5.69 Å². The summed E-state index contributed by atoms with van der Waals surface area (Å²) in [6.07, 6.45) is 1.79. The number of ether oxygens (including phenoxy) is 2. The van der Waals surface area contributed by atoms with Gasteiger partial charge in [-0.2, -0.15) is 0 Å². The normalized spacial score (nSPS) is 12.0. The molecule has 0 radical (unpaired) electrons. The van der Waals surface area contributed by atoms with E-state index in [-0.39, 0.29) is 6.04 Å². The van der Waals surface area contributed by atoms with Gasteiger partial charge in [-0.05, 0) is 31.0 Å². The number of anilines is 1. The standard InChI is InChI=1S/C17H22N2O2/c1-13-6-4-5-7-16(13)14(2)19-15-8-9-17(18-12-15)21-11-10-20-3/h4-9,12,14,19H,10-11H2,1-3H3. The Balaban J connectivity index is 1.95. The van der Waals surface area contributed by atoms with Gasteiger partial charge in [0.15, 0.2) is 0 Å². The molecule has 1 N–H and O–H groups in total. The van der Waals surface area contributed by atoms with Crippen molar-refractivity contribution < 1.29 is 9.47 Å². The maximum atomic E-state index is 5.45. The molecule has 1 aromatic heterocycles. The fraction of sp³-hybridized carbons (Fsp3) is 0.353. The molecular formula is C17H22N2O2. The summed E-state index contributed by atoms with van der Waals surface area (Å²) in [5, 5.41) is 3.45. The number of nitrogens with one attached hydrogen (secondary N) is 1. The average Bonchev–Trinajstić information content (AvgIpc) is 2.49. The minimum absolute atomic E-state index is 0.230. The summed E-state index contributed by atoms with van der Waals surface area (Å²) in [7, 11) is 1.65. The number of hydrogen-bond acceptors (Lipinski definition) is 4. The van der Waals surface area contributed by atoms with Crippen LogP contribution in [0.4, 0.5) is 5.69 Å². The molecule has 0 spiro atoms. The molecule has 0 bridgehead atoms. The fourth-order valence-electron chi connectivity index (χ4n) is 2.18. The molecule has 21 heavy (non-hydrogen) atoms. The predicted molar refractivity (Wildman–Crippen MR) is 84.8 cm³/mol. The van der Waals surface area contributed by atoms with Crippen LogP contribution in [0.25, 0.3) is 0 Å². The highest BCUT2D eigenvalue weighted by Crippen LogP contribution is 2.22. The van der Waals surface area contributed by atoms with Crippen molar-refractivity contribution in [2.45, 2.75) is 19.9 Å². The van der Waals surface area contributed by atoms with Crippen LogP contribution in [0.3, 0.4) is 0 Å². The maximum Gasteiger partial charge on any atom is 0.213 e. The largest absolute Gasteiger partial charge is 0.475 e. The molecule has 0 fully saturated rings. The van der Waals surface area contributed by atoms with Crippen molar-refractivity contribution in [2.24, 2.45) is 0 Å². The Morgan fingerprint density at radius 3 is 2.62 bits per heavy atom. The van der Waals surface area contributed by atoms with Gasteiger partial charge in [0.05, 0.1) is 18.5 Å². The highest BCUT2D eigenvalue weighted by Gasteiger charge is 2.07. The Kier molecular flexibility index (Phi) is 5.58. The van der Waals surface area contributed by atoms with E-state index in [1.165, 1.54) is 11.1 Å². The summed E-state index contributed by atoms with van der Waals surface area (Å²) >= 11 is 0. The van der Waals surface area contributed by atoms with Crippen molar-refractivity contribution in [1.82, 2.24) is 4.98 Å². The van der Waals surface area contributed by atoms with Gasteiger partial charge < -0.3 is 14.8 Å². The van der Waals surface area contributed by atoms with E-state index in [4.69, 9.17) is 9.47 Å². The van der Waals surface area contributed by atoms with Crippen molar-refractivity contribution in [3.05, 3.63) is 53.7 Å². The molecule has 2 aromatic rings. The van der Waals surface area contributed by atoms with Gasteiger partial charge in [0.2, 0.25) is 5.88 Å². The van der Waals surface area contributed by atoms with Gasteiger partial charge in [-0.15, -0.1) is 0 Å². The minimum Gasteiger partial charge on any atom is -0.475 e. The van der Waals surface area contributed by atoms with E-state index < -0.39 is 0 Å². The Bertz CT molecular complexity index is 555. The molecule has 4 heteroatoms. The second-order valence-corrected chi connectivity index (χ2v) is 4.95. The van der Waals surface area contributed by atoms with Gasteiger partial charge in [0, 0.05) is 19.2 Å². The number of hydrogen-bond donors (Lipinski definition) is 1. The highest BCUT2D eigenvalue weighted by molar-refractivity contribution is 5.45. The second kappa shape index (κ2) is 7.64. The van der Waals surface area contributed by atoms with Crippen molar-refractivity contribution in [1.29, 1.82) is 0 Å². The smallest absolute Gasteiger partial charge is 0.213 e. The number of aryl methyl sites for hydroxylation is 1. The lowest BCUT2D eigenvalue weighted by Crippen LogP contribution is -2.09. The molecule has 4 nitrogen and oxygen atoms in total. The van der Waals surface area contributed by atoms with Crippen LogP contribution >= 0.6 is 0 Å². The first-order valence-corrected chi connectivity index (χ1v) is 7.10. The second-order valence-electron chi connectivity index (χ2n) is 4.95. The Hall–Kier alpha value is -2.07. The van der Waals surface area contributed by atoms with Gasteiger partial charge in [0.1, 0.15) is 6.61 Å². The molecule has 0 saturated heterocycles. The van der Waals surface area contributed by atoms with Crippen molar-refractivity contribution in [3.8, 4) is 5.88 Å². The number of benzene rings is 1. The van der Waals surface area contributed by atoms with E-state index in [2.05, 4.69) is 48.4 Å². The monoisotopic (exact) mass is 286 g/mol. The number of methoxy groups -OCH3 is 1. The van der Waals surface area contributed by atoms with Gasteiger partial charge in [-0.1, -0.05) is 24.3 Å². The first kappa shape index (κ1) is 15.3. The fourth-order valence-corrected chi connectivity index (χ4v) is 2.18. The lowest BCUT2D eigenvalue weighted by molar-refractivity contribution is 0.144. The molecule has 0 saturated carbocycles. The zero-order valence-corrected chi connectivity index (χ0v) is 12.8. The molecule has 1 unspecified atom stereocenters. The van der Waals surface area contributed by atoms with E-state index in [1.807, 2.05) is 12.1 Å². The maximum absolute atomic E-state index is 5.45. The van der Waals surface area contributed by atoms with Crippen molar-refractivity contribution >= 4 is 5.69 Å². The third-order valence-electron chi connectivity index (χ3n) is 3.31. The first-order chi connectivity index (χ1) is 10.2. The van der Waals surface area contributed by atoms with Crippen LogP contribution in [0, 0.1) is 6.92 Å². The molecule has 0 aliphatic carbocycles. The van der Waals surface area contributed by atoms with Crippen LogP contribution in [0.2, 0.25) is 0 Å². The van der Waals surface area contributed by atoms with Crippen LogP contribution in [0.5, 0.6) is 5.88 Å². The molecule has 1 atom stereocenters. The highest BCUT2D eigenvalue weighted by atomic mass is 16.5. The summed E-state index contributed by atoms with van der Waals surface area (Å²) in [6, 6.07) is 12.5. The minimum atomic E-state index is 0.230. The number of aromatic nitrogens is 1. The van der Waals surface area contributed by atoms with Crippen LogP contribution in [-0.4, -0.2) is 25.3 Å². The Morgan fingerprint density at radius 2 is 1.95 bits per heavy atom. The number of rotatable bonds is 7. The SMILES string of the molecule is COCCOc1ccc(NC(C)c2ccccc2C)cn1. The molecule has 0 aliphatic rings. The molecule has 0 aliphatic heterocycles. The molecule has 1 aromatic carbocycles. The third kappa shape index (κ3) is 4.46. The first-order valence-electron chi connectivity index (χ1n) is 7.10. The topological polar surface area (TPSA) is 43.4 Å². The molecule has 112 valence electrons. The van der Waals surface area contributed by atoms with E-state index in [0.29, 0.717) is 19.1 Å². The lowest BCUT2D eigenvalue weighted by Gasteiger charge is -2.17. The van der Waals surface area contributed by atoms with E-state index in [1.54, 1.807) is 13.3 Å². The molecular weight excluding hydrogens is 264 g/mol. The molecule has 2 rings (SSSR count). The van der Waals surface area contributed by atoms with Gasteiger partial charge in [-0.25, -0.2) is 4.98 Å². The average molecular weight is 286 g/mol. The van der Waals surface area contributed by atoms with Gasteiger partial charge in [0.25, 0.3) is 0 Å². The number of nitrogens with zero attached hydrogens (tertiary/aromatic N) is 1. The van der Waals surface area contributed by atoms with E-state index in [9.17, 15) is 0 Å². The summed E-state index contributed by atoms with van der Waals surface area (Å²) in [6.45, 7) is 5.34. The molecule has 1 heterocycles. The van der Waals surface area contributed by atoms with Gasteiger partial charge in [-0.3, -0.25) is 0 Å². The van der Waals surface area contributed by atoms with Crippen LogP contribution in [0.15, 0.2) is 42.6 Å². The predicted octanol–water partition coefficient (Wildman–Crippen LogP) is 3.59. The summed E-state index contributed by atoms with van der Waals surface area (Å²) in [5.41, 5.74) is 3.55. The summed E-state index contributed by atoms with van der Waals surface area (Å²) < 4.78 is 10.4.